The van der Waals surface area contributed by atoms with E-state index in [1.54, 1.807) is 0 Å². The molecule has 1 aliphatic carbocycles. The van der Waals surface area contributed by atoms with Crippen molar-refractivity contribution in [3.63, 3.8) is 0 Å². The molecule has 1 aromatic carbocycles. The van der Waals surface area contributed by atoms with E-state index in [2.05, 4.69) is 14.8 Å². The number of hydrogen-bond acceptors (Lipinski definition) is 3. The summed E-state index contributed by atoms with van der Waals surface area (Å²) in [4.78, 5) is 0. The van der Waals surface area contributed by atoms with Crippen LogP contribution >= 0.6 is 11.6 Å². The summed E-state index contributed by atoms with van der Waals surface area (Å²) in [6, 6.07) is 8.22. The van der Waals surface area contributed by atoms with Gasteiger partial charge < -0.3 is 9.67 Å². The summed E-state index contributed by atoms with van der Waals surface area (Å²) < 4.78 is 2.07. The third-order valence-corrected chi connectivity index (χ3v) is 3.38. The second kappa shape index (κ2) is 4.71. The molecule has 1 N–H and O–H groups in total. The quantitative estimate of drug-likeness (QED) is 0.921. The lowest BCUT2D eigenvalue weighted by Gasteiger charge is -2.07. The molecular formula is C13H14ClN3O. The van der Waals surface area contributed by atoms with Gasteiger partial charge in [-0.1, -0.05) is 23.7 Å². The molecule has 1 heterocycles. The van der Waals surface area contributed by atoms with E-state index in [0.29, 0.717) is 18.3 Å². The molecule has 1 saturated carbocycles. The fourth-order valence-electron chi connectivity index (χ4n) is 2.17. The van der Waals surface area contributed by atoms with Crippen LogP contribution in [-0.2, 0) is 13.0 Å². The van der Waals surface area contributed by atoms with Crippen molar-refractivity contribution < 1.29 is 5.11 Å². The maximum atomic E-state index is 9.27. The first-order chi connectivity index (χ1) is 8.78. The van der Waals surface area contributed by atoms with Crippen LogP contribution in [0.4, 0.5) is 0 Å². The molecule has 0 aliphatic heterocycles. The van der Waals surface area contributed by atoms with Crippen LogP contribution in [0.3, 0.4) is 0 Å². The molecule has 0 unspecified atom stereocenters. The first kappa shape index (κ1) is 11.7. The Morgan fingerprint density at radius 2 is 2.06 bits per heavy atom. The average molecular weight is 264 g/mol. The Kier molecular flexibility index (Phi) is 3.06. The highest BCUT2D eigenvalue weighted by atomic mass is 35.5. The molecule has 0 amide bonds. The molecule has 2 aromatic rings. The highest BCUT2D eigenvalue weighted by Crippen LogP contribution is 2.37. The van der Waals surface area contributed by atoms with E-state index in [0.717, 1.165) is 29.3 Å². The molecule has 1 fully saturated rings. The van der Waals surface area contributed by atoms with E-state index in [9.17, 15) is 5.11 Å². The highest BCUT2D eigenvalue weighted by molar-refractivity contribution is 6.30. The van der Waals surface area contributed by atoms with Crippen LogP contribution in [0.15, 0.2) is 24.3 Å². The Morgan fingerprint density at radius 3 is 2.72 bits per heavy atom. The molecule has 0 spiro atoms. The second-order valence-corrected chi connectivity index (χ2v) is 5.03. The molecule has 1 aliphatic rings. The van der Waals surface area contributed by atoms with E-state index in [4.69, 9.17) is 11.6 Å². The Bertz CT molecular complexity index is 563. The Morgan fingerprint density at radius 1 is 1.28 bits per heavy atom. The van der Waals surface area contributed by atoms with Gasteiger partial charge in [0.05, 0.1) is 0 Å². The van der Waals surface area contributed by atoms with Crippen molar-refractivity contribution >= 4 is 11.6 Å². The Hall–Kier alpha value is -1.39. The lowest BCUT2D eigenvalue weighted by molar-refractivity contribution is 0.264. The fourth-order valence-corrected chi connectivity index (χ4v) is 2.39. The molecule has 18 heavy (non-hydrogen) atoms. The minimum absolute atomic E-state index is 0.0565. The number of nitrogens with zero attached hydrogens (tertiary/aromatic N) is 3. The predicted octanol–water partition coefficient (Wildman–Crippen LogP) is 2.35. The van der Waals surface area contributed by atoms with Crippen molar-refractivity contribution in [2.24, 2.45) is 0 Å². The number of hydrogen-bond donors (Lipinski definition) is 1. The minimum Gasteiger partial charge on any atom is -0.388 e. The van der Waals surface area contributed by atoms with Crippen LogP contribution in [0.5, 0.6) is 0 Å². The van der Waals surface area contributed by atoms with Gasteiger partial charge in [-0.15, -0.1) is 10.2 Å². The van der Waals surface area contributed by atoms with E-state index in [1.165, 1.54) is 0 Å². The van der Waals surface area contributed by atoms with Crippen molar-refractivity contribution in [3.8, 4) is 0 Å². The Labute approximate surface area is 110 Å². The lowest BCUT2D eigenvalue weighted by Crippen LogP contribution is -2.06. The highest BCUT2D eigenvalue weighted by Gasteiger charge is 2.28. The third kappa shape index (κ3) is 2.26. The minimum atomic E-state index is -0.0565. The number of rotatable bonds is 4. The van der Waals surface area contributed by atoms with E-state index >= 15 is 0 Å². The van der Waals surface area contributed by atoms with Gasteiger partial charge in [-0.25, -0.2) is 0 Å². The van der Waals surface area contributed by atoms with Crippen LogP contribution in [0, 0.1) is 0 Å². The topological polar surface area (TPSA) is 50.9 Å². The molecule has 0 saturated heterocycles. The van der Waals surface area contributed by atoms with Gasteiger partial charge in [-0.05, 0) is 30.5 Å². The molecule has 3 rings (SSSR count). The number of benzene rings is 1. The number of halogens is 1. The maximum absolute atomic E-state index is 9.27. The molecule has 4 nitrogen and oxygen atoms in total. The largest absolute Gasteiger partial charge is 0.388 e. The molecule has 0 atom stereocenters. The fraction of sp³-hybridized carbons (Fsp3) is 0.385. The molecule has 5 heteroatoms. The van der Waals surface area contributed by atoms with Crippen LogP contribution in [0.2, 0.25) is 5.02 Å². The second-order valence-electron chi connectivity index (χ2n) is 4.60. The average Bonchev–Trinajstić information content (AvgIpc) is 3.11. The lowest BCUT2D eigenvalue weighted by atomic mass is 10.1. The van der Waals surface area contributed by atoms with Gasteiger partial charge >= 0.3 is 0 Å². The van der Waals surface area contributed by atoms with Gasteiger partial charge in [0.15, 0.2) is 5.82 Å². The maximum Gasteiger partial charge on any atom is 0.159 e. The standard InChI is InChI=1S/C13H14ClN3O/c14-10-3-1-2-9(6-10)7-12-15-16-13(8-18)17(12)11-4-5-11/h1-3,6,11,18H,4-5,7-8H2. The first-order valence-electron chi connectivity index (χ1n) is 6.06. The summed E-state index contributed by atoms with van der Waals surface area (Å²) in [5.41, 5.74) is 1.11. The first-order valence-corrected chi connectivity index (χ1v) is 6.43. The number of aromatic nitrogens is 3. The summed E-state index contributed by atoms with van der Waals surface area (Å²) in [6.45, 7) is -0.0565. The van der Waals surface area contributed by atoms with Crippen LogP contribution in [-0.4, -0.2) is 19.9 Å². The summed E-state index contributed by atoms with van der Waals surface area (Å²) >= 11 is 5.98. The number of aliphatic hydroxyl groups is 1. The molecule has 94 valence electrons. The molecular weight excluding hydrogens is 250 g/mol. The van der Waals surface area contributed by atoms with Gasteiger partial charge in [0.2, 0.25) is 0 Å². The number of aliphatic hydroxyl groups excluding tert-OH is 1. The van der Waals surface area contributed by atoms with Gasteiger partial charge in [0.25, 0.3) is 0 Å². The van der Waals surface area contributed by atoms with E-state index in [1.807, 2.05) is 24.3 Å². The van der Waals surface area contributed by atoms with Crippen molar-refractivity contribution in [2.75, 3.05) is 0 Å². The van der Waals surface area contributed by atoms with Crippen LogP contribution < -0.4 is 0 Å². The monoisotopic (exact) mass is 263 g/mol. The normalized spacial score (nSPS) is 15.0. The van der Waals surface area contributed by atoms with E-state index < -0.39 is 0 Å². The van der Waals surface area contributed by atoms with Gasteiger partial charge in [0, 0.05) is 17.5 Å². The smallest absolute Gasteiger partial charge is 0.159 e. The Balaban J connectivity index is 1.90. The third-order valence-electron chi connectivity index (χ3n) is 3.14. The van der Waals surface area contributed by atoms with E-state index in [-0.39, 0.29) is 6.61 Å². The van der Waals surface area contributed by atoms with Crippen molar-refractivity contribution in [3.05, 3.63) is 46.5 Å². The van der Waals surface area contributed by atoms with Crippen molar-refractivity contribution in [1.29, 1.82) is 0 Å². The zero-order valence-electron chi connectivity index (χ0n) is 9.88. The summed E-state index contributed by atoms with van der Waals surface area (Å²) in [7, 11) is 0. The van der Waals surface area contributed by atoms with Crippen molar-refractivity contribution in [1.82, 2.24) is 14.8 Å². The van der Waals surface area contributed by atoms with Crippen LogP contribution in [0.25, 0.3) is 0 Å². The zero-order valence-corrected chi connectivity index (χ0v) is 10.6. The molecule has 0 radical (unpaired) electrons. The molecule has 0 bridgehead atoms. The SMILES string of the molecule is OCc1nnc(Cc2cccc(Cl)c2)n1C1CC1. The summed E-state index contributed by atoms with van der Waals surface area (Å²) in [6.07, 6.45) is 2.99. The zero-order chi connectivity index (χ0) is 12.5. The molecule has 1 aromatic heterocycles. The predicted molar refractivity (Wildman–Crippen MR) is 68.5 cm³/mol. The van der Waals surface area contributed by atoms with Crippen molar-refractivity contribution in [2.45, 2.75) is 31.9 Å². The van der Waals surface area contributed by atoms with Gasteiger partial charge in [0.1, 0.15) is 12.4 Å². The van der Waals surface area contributed by atoms with Gasteiger partial charge in [-0.3, -0.25) is 0 Å². The van der Waals surface area contributed by atoms with Crippen LogP contribution in [0.1, 0.15) is 36.1 Å². The summed E-state index contributed by atoms with van der Waals surface area (Å²) in [5, 5.41) is 18.2. The van der Waals surface area contributed by atoms with Gasteiger partial charge in [-0.2, -0.15) is 0 Å². The summed E-state index contributed by atoms with van der Waals surface area (Å²) in [5.74, 6) is 1.57.